The number of esters is 1. The minimum atomic E-state index is -0.503. The van der Waals surface area contributed by atoms with Gasteiger partial charge in [0.25, 0.3) is 0 Å². The lowest BCUT2D eigenvalue weighted by Crippen LogP contribution is -2.48. The summed E-state index contributed by atoms with van der Waals surface area (Å²) < 4.78 is 16.6. The number of carbonyl (C=O) groups excluding carboxylic acids is 1. The van der Waals surface area contributed by atoms with E-state index in [1.54, 1.807) is 12.9 Å². The zero-order chi connectivity index (χ0) is 14.0. The van der Waals surface area contributed by atoms with Gasteiger partial charge in [-0.3, -0.25) is 0 Å². The fourth-order valence-electron chi connectivity index (χ4n) is 2.07. The number of carbonyl (C=O) groups is 1. The highest BCUT2D eigenvalue weighted by atomic mass is 16.7. The monoisotopic (exact) mass is 254 g/mol. The Morgan fingerprint density at radius 2 is 1.94 bits per heavy atom. The number of hydrogen-bond acceptors (Lipinski definition) is 4. The zero-order valence-corrected chi connectivity index (χ0v) is 12.1. The summed E-state index contributed by atoms with van der Waals surface area (Å²) in [6.07, 6.45) is 1.36. The molecule has 5 heteroatoms. The van der Waals surface area contributed by atoms with Gasteiger partial charge in [0.1, 0.15) is 0 Å². The first-order chi connectivity index (χ1) is 8.23. The van der Waals surface area contributed by atoms with Crippen LogP contribution in [0.25, 0.3) is 0 Å². The van der Waals surface area contributed by atoms with Crippen LogP contribution in [0.2, 0.25) is 0 Å². The van der Waals surface area contributed by atoms with E-state index >= 15 is 0 Å². The average Bonchev–Trinajstić information content (AvgIpc) is 2.48. The molecule has 4 nitrogen and oxygen atoms in total. The second-order valence-corrected chi connectivity index (χ2v) is 5.49. The second-order valence-electron chi connectivity index (χ2n) is 5.49. The van der Waals surface area contributed by atoms with E-state index in [0.717, 1.165) is 0 Å². The largest absolute Gasteiger partial charge is 0.487 e. The lowest BCUT2D eigenvalue weighted by molar-refractivity contribution is -0.137. The molecule has 0 saturated carbocycles. The molecule has 1 aliphatic rings. The maximum atomic E-state index is 11.2. The van der Waals surface area contributed by atoms with Crippen molar-refractivity contribution in [2.75, 3.05) is 6.61 Å². The minimum absolute atomic E-state index is 0.313. The highest BCUT2D eigenvalue weighted by Gasteiger charge is 2.54. The highest BCUT2D eigenvalue weighted by molar-refractivity contribution is 6.52. The summed E-state index contributed by atoms with van der Waals surface area (Å²) in [6.45, 7) is 12.4. The van der Waals surface area contributed by atoms with Crippen molar-refractivity contribution in [1.29, 1.82) is 0 Å². The van der Waals surface area contributed by atoms with Crippen molar-refractivity contribution in [3.05, 3.63) is 12.1 Å². The van der Waals surface area contributed by atoms with Crippen LogP contribution in [0.1, 0.15) is 41.5 Å². The van der Waals surface area contributed by atoms with Crippen LogP contribution in [0.5, 0.6) is 0 Å². The molecule has 1 fully saturated rings. The first-order valence-corrected chi connectivity index (χ1v) is 6.43. The van der Waals surface area contributed by atoms with Crippen molar-refractivity contribution < 1.29 is 18.8 Å². The normalized spacial score (nSPS) is 27.2. The van der Waals surface area contributed by atoms with Crippen molar-refractivity contribution in [3.8, 4) is 0 Å². The number of hydrogen-bond donors (Lipinski definition) is 0. The van der Waals surface area contributed by atoms with Gasteiger partial charge in [-0.1, -0.05) is 13.8 Å². The molecule has 0 aromatic rings. The molecule has 1 saturated heterocycles. The quantitative estimate of drug-likeness (QED) is 0.439. The molecule has 0 bridgehead atoms. The van der Waals surface area contributed by atoms with Gasteiger partial charge >= 0.3 is 13.1 Å². The first kappa shape index (κ1) is 15.3. The first-order valence-electron chi connectivity index (χ1n) is 6.43. The fraction of sp³-hybridized carbons (Fsp3) is 0.769. The van der Waals surface area contributed by atoms with Crippen LogP contribution in [0.4, 0.5) is 0 Å². The standard InChI is InChI=1S/C13H23BO4/c1-7-16-11(15)8-9-14-17-12(4,5)13(6,18-14)10(2)3/h8-10H,7H2,1-6H3/b9-8+. The Balaban J connectivity index is 2.72. The molecule has 18 heavy (non-hydrogen) atoms. The van der Waals surface area contributed by atoms with E-state index in [2.05, 4.69) is 13.8 Å². The Hall–Kier alpha value is -0.805. The minimum Gasteiger partial charge on any atom is -0.463 e. The van der Waals surface area contributed by atoms with Gasteiger partial charge in [0, 0.05) is 6.08 Å². The molecule has 0 radical (unpaired) electrons. The van der Waals surface area contributed by atoms with Crippen molar-refractivity contribution in [1.82, 2.24) is 0 Å². The zero-order valence-electron chi connectivity index (χ0n) is 12.1. The summed E-state index contributed by atoms with van der Waals surface area (Å²) in [5, 5.41) is 0. The third-order valence-corrected chi connectivity index (χ3v) is 3.74. The van der Waals surface area contributed by atoms with Crippen molar-refractivity contribution in [3.63, 3.8) is 0 Å². The van der Waals surface area contributed by atoms with Gasteiger partial charge in [0.05, 0.1) is 17.8 Å². The van der Waals surface area contributed by atoms with Crippen molar-refractivity contribution in [2.45, 2.75) is 52.7 Å². The van der Waals surface area contributed by atoms with Crippen LogP contribution in [-0.4, -0.2) is 30.9 Å². The van der Waals surface area contributed by atoms with Gasteiger partial charge in [-0.25, -0.2) is 4.79 Å². The molecule has 102 valence electrons. The van der Waals surface area contributed by atoms with Gasteiger partial charge in [-0.15, -0.1) is 0 Å². The molecule has 0 spiro atoms. The molecule has 0 aromatic heterocycles. The fourth-order valence-corrected chi connectivity index (χ4v) is 2.07. The molecule has 0 amide bonds. The van der Waals surface area contributed by atoms with E-state index in [0.29, 0.717) is 12.5 Å². The molecule has 0 aliphatic carbocycles. The number of rotatable bonds is 4. The number of ether oxygens (including phenoxy) is 1. The lowest BCUT2D eigenvalue weighted by atomic mass is 9.79. The van der Waals surface area contributed by atoms with Gasteiger partial charge in [-0.2, -0.15) is 0 Å². The van der Waals surface area contributed by atoms with Gasteiger partial charge in [0.15, 0.2) is 0 Å². The van der Waals surface area contributed by atoms with E-state index < -0.39 is 12.7 Å². The second kappa shape index (κ2) is 5.45. The van der Waals surface area contributed by atoms with Crippen LogP contribution in [-0.2, 0) is 18.8 Å². The summed E-state index contributed by atoms with van der Waals surface area (Å²) in [5.41, 5.74) is -0.776. The molecule has 1 heterocycles. The van der Waals surface area contributed by atoms with Crippen LogP contribution in [0.15, 0.2) is 12.1 Å². The summed E-state index contributed by atoms with van der Waals surface area (Å²) in [7, 11) is -0.503. The Morgan fingerprint density at radius 3 is 2.39 bits per heavy atom. The third-order valence-electron chi connectivity index (χ3n) is 3.74. The maximum absolute atomic E-state index is 11.2. The Bertz CT molecular complexity index is 338. The van der Waals surface area contributed by atoms with Crippen molar-refractivity contribution in [2.24, 2.45) is 5.92 Å². The van der Waals surface area contributed by atoms with Crippen molar-refractivity contribution >= 4 is 13.1 Å². The van der Waals surface area contributed by atoms with Crippen LogP contribution < -0.4 is 0 Å². The SMILES string of the molecule is CCOC(=O)/C=C/B1OC(C)(C)C(C)(C(C)C)O1. The third kappa shape index (κ3) is 2.95. The molecular formula is C13H23BO4. The molecular weight excluding hydrogens is 231 g/mol. The highest BCUT2D eigenvalue weighted by Crippen LogP contribution is 2.42. The van der Waals surface area contributed by atoms with Gasteiger partial charge in [0.2, 0.25) is 0 Å². The molecule has 1 aliphatic heterocycles. The summed E-state index contributed by atoms with van der Waals surface area (Å²) >= 11 is 0. The Kier molecular flexibility index (Phi) is 4.62. The van der Waals surface area contributed by atoms with Crippen LogP contribution in [0, 0.1) is 5.92 Å². The topological polar surface area (TPSA) is 44.8 Å². The predicted molar refractivity (Wildman–Crippen MR) is 71.0 cm³/mol. The Labute approximate surface area is 110 Å². The Morgan fingerprint density at radius 1 is 1.33 bits per heavy atom. The van der Waals surface area contributed by atoms with E-state index in [1.165, 1.54) is 6.08 Å². The molecule has 1 atom stereocenters. The van der Waals surface area contributed by atoms with E-state index in [9.17, 15) is 4.79 Å². The molecule has 0 N–H and O–H groups in total. The van der Waals surface area contributed by atoms with Gasteiger partial charge in [-0.05, 0) is 39.6 Å². The molecule has 1 rings (SSSR count). The average molecular weight is 254 g/mol. The van der Waals surface area contributed by atoms with E-state index in [-0.39, 0.29) is 11.6 Å². The molecule has 1 unspecified atom stereocenters. The van der Waals surface area contributed by atoms with E-state index in [4.69, 9.17) is 14.0 Å². The summed E-state index contributed by atoms with van der Waals surface area (Å²) in [4.78, 5) is 11.2. The van der Waals surface area contributed by atoms with Gasteiger partial charge < -0.3 is 14.0 Å². The summed E-state index contributed by atoms with van der Waals surface area (Å²) in [5.74, 6) is 1.54. The summed E-state index contributed by atoms with van der Waals surface area (Å²) in [6, 6.07) is 0. The van der Waals surface area contributed by atoms with Crippen LogP contribution >= 0.6 is 0 Å². The maximum Gasteiger partial charge on any atom is 0.487 e. The smallest absolute Gasteiger partial charge is 0.463 e. The predicted octanol–water partition coefficient (Wildman–Crippen LogP) is 2.37. The van der Waals surface area contributed by atoms with E-state index in [1.807, 2.05) is 20.8 Å². The van der Waals surface area contributed by atoms with Crippen LogP contribution in [0.3, 0.4) is 0 Å². The molecule has 0 aromatic carbocycles. The lowest BCUT2D eigenvalue weighted by Gasteiger charge is -2.39.